The van der Waals surface area contributed by atoms with E-state index in [1.807, 2.05) is 6.07 Å². The Balaban J connectivity index is 1.85. The zero-order valence-corrected chi connectivity index (χ0v) is 20.2. The second-order valence-electron chi connectivity index (χ2n) is 8.53. The van der Waals surface area contributed by atoms with Gasteiger partial charge in [-0.15, -0.1) is 0 Å². The van der Waals surface area contributed by atoms with Crippen LogP contribution in [0.15, 0.2) is 48.5 Å². The van der Waals surface area contributed by atoms with Gasteiger partial charge in [-0.2, -0.15) is 0 Å². The number of nitrogens with zero attached hydrogens (tertiary/aromatic N) is 3. The Morgan fingerprint density at radius 3 is 2.23 bits per heavy atom. The van der Waals surface area contributed by atoms with E-state index in [9.17, 15) is 0 Å². The number of hydrogen-bond donors (Lipinski definition) is 0. The van der Waals surface area contributed by atoms with Crippen LogP contribution in [-0.4, -0.2) is 34.1 Å². The molecule has 0 saturated carbocycles. The van der Waals surface area contributed by atoms with Crippen molar-refractivity contribution >= 4 is 22.6 Å². The molecule has 3 rings (SSSR count). The number of unbranched alkanes of at least 4 members (excludes halogenated alkanes) is 2. The number of rotatable bonds is 13. The third kappa shape index (κ3) is 6.33. The van der Waals surface area contributed by atoms with E-state index in [1.165, 1.54) is 50.2 Å². The molecule has 1 atom stereocenters. The van der Waals surface area contributed by atoms with Gasteiger partial charge in [0.1, 0.15) is 5.82 Å². The highest BCUT2D eigenvalue weighted by Gasteiger charge is 2.21. The number of aryl methyl sites for hydroxylation is 1. The lowest BCUT2D eigenvalue weighted by atomic mass is 9.95. The lowest BCUT2D eigenvalue weighted by molar-refractivity contribution is 0.257. The van der Waals surface area contributed by atoms with E-state index >= 15 is 0 Å². The molecule has 0 N–H and O–H groups in total. The van der Waals surface area contributed by atoms with Gasteiger partial charge < -0.3 is 9.47 Å². The first-order chi connectivity index (χ1) is 15.2. The molecule has 0 aliphatic heterocycles. The summed E-state index contributed by atoms with van der Waals surface area (Å²) in [6, 6.07) is 16.9. The average molecular weight is 440 g/mol. The van der Waals surface area contributed by atoms with Crippen LogP contribution in [0.2, 0.25) is 5.02 Å². The molecule has 0 aliphatic carbocycles. The topological polar surface area (TPSA) is 21.1 Å². The summed E-state index contributed by atoms with van der Waals surface area (Å²) in [6.45, 7) is 11.3. The fourth-order valence-electron chi connectivity index (χ4n) is 4.42. The number of benzene rings is 2. The molecule has 31 heavy (non-hydrogen) atoms. The molecule has 1 aromatic heterocycles. The SMILES string of the molecule is CCCCN(CCCC)CCCn1c(C(CC)c2ccccc2)nc2ccc(Cl)cc21. The molecule has 2 aromatic carbocycles. The summed E-state index contributed by atoms with van der Waals surface area (Å²) in [6.07, 6.45) is 7.23. The first-order valence-electron chi connectivity index (χ1n) is 12.1. The van der Waals surface area contributed by atoms with Crippen molar-refractivity contribution in [3.8, 4) is 0 Å². The van der Waals surface area contributed by atoms with Crippen molar-refractivity contribution in [2.75, 3.05) is 19.6 Å². The number of imidazole rings is 1. The zero-order valence-electron chi connectivity index (χ0n) is 19.5. The number of fused-ring (bicyclic) bond motifs is 1. The lowest BCUT2D eigenvalue weighted by Gasteiger charge is -2.23. The van der Waals surface area contributed by atoms with Gasteiger partial charge in [0, 0.05) is 17.5 Å². The quantitative estimate of drug-likeness (QED) is 0.274. The van der Waals surface area contributed by atoms with Crippen molar-refractivity contribution in [1.82, 2.24) is 14.5 Å². The Morgan fingerprint density at radius 2 is 1.58 bits per heavy atom. The summed E-state index contributed by atoms with van der Waals surface area (Å²) in [5.41, 5.74) is 3.54. The van der Waals surface area contributed by atoms with E-state index in [0.717, 1.165) is 42.0 Å². The molecule has 3 nitrogen and oxygen atoms in total. The average Bonchev–Trinajstić information content (AvgIpc) is 3.14. The molecule has 4 heteroatoms. The summed E-state index contributed by atoms with van der Waals surface area (Å²) in [5.74, 6) is 1.46. The summed E-state index contributed by atoms with van der Waals surface area (Å²) < 4.78 is 2.43. The van der Waals surface area contributed by atoms with E-state index in [0.29, 0.717) is 5.92 Å². The Labute approximate surface area is 193 Å². The Kier molecular flexibility index (Phi) is 9.42. The van der Waals surface area contributed by atoms with Gasteiger partial charge >= 0.3 is 0 Å². The van der Waals surface area contributed by atoms with E-state index < -0.39 is 0 Å². The zero-order chi connectivity index (χ0) is 22.1. The summed E-state index contributed by atoms with van der Waals surface area (Å²) >= 11 is 6.38. The van der Waals surface area contributed by atoms with Gasteiger partial charge in [0.05, 0.1) is 11.0 Å². The summed E-state index contributed by atoms with van der Waals surface area (Å²) in [7, 11) is 0. The van der Waals surface area contributed by atoms with Crippen LogP contribution >= 0.6 is 11.6 Å². The largest absolute Gasteiger partial charge is 0.327 e. The Hall–Kier alpha value is -1.84. The molecular weight excluding hydrogens is 402 g/mol. The van der Waals surface area contributed by atoms with E-state index in [-0.39, 0.29) is 0 Å². The maximum absolute atomic E-state index is 6.38. The van der Waals surface area contributed by atoms with Crippen LogP contribution in [0.1, 0.15) is 76.6 Å². The number of halogens is 1. The fraction of sp³-hybridized carbons (Fsp3) is 0.519. The minimum absolute atomic E-state index is 0.295. The predicted molar refractivity (Wildman–Crippen MR) is 134 cm³/mol. The van der Waals surface area contributed by atoms with Crippen LogP contribution in [0, 0.1) is 0 Å². The highest BCUT2D eigenvalue weighted by molar-refractivity contribution is 6.31. The van der Waals surface area contributed by atoms with Crippen LogP contribution in [-0.2, 0) is 6.54 Å². The van der Waals surface area contributed by atoms with Gasteiger partial charge in [-0.25, -0.2) is 4.98 Å². The standard InChI is InChI=1S/C27H38ClN3/c1-4-7-17-30(18-8-5-2)19-12-20-31-26-21-23(28)15-16-25(26)29-27(31)24(6-3)22-13-10-9-11-14-22/h9-11,13-16,21,24H,4-8,12,17-20H2,1-3H3. The van der Waals surface area contributed by atoms with Crippen molar-refractivity contribution < 1.29 is 0 Å². The second kappa shape index (κ2) is 12.3. The van der Waals surface area contributed by atoms with Gasteiger partial charge in [0.25, 0.3) is 0 Å². The van der Waals surface area contributed by atoms with Crippen LogP contribution < -0.4 is 0 Å². The number of aromatic nitrogens is 2. The highest BCUT2D eigenvalue weighted by Crippen LogP contribution is 2.31. The molecule has 0 radical (unpaired) electrons. The maximum atomic E-state index is 6.38. The first-order valence-corrected chi connectivity index (χ1v) is 12.5. The molecule has 0 spiro atoms. The van der Waals surface area contributed by atoms with Gasteiger partial charge in [0.15, 0.2) is 0 Å². The molecular formula is C27H38ClN3. The van der Waals surface area contributed by atoms with Gasteiger partial charge in [-0.3, -0.25) is 0 Å². The van der Waals surface area contributed by atoms with Crippen LogP contribution in [0.25, 0.3) is 11.0 Å². The van der Waals surface area contributed by atoms with E-state index in [2.05, 4.69) is 72.7 Å². The molecule has 1 heterocycles. The lowest BCUT2D eigenvalue weighted by Crippen LogP contribution is -2.28. The molecule has 168 valence electrons. The van der Waals surface area contributed by atoms with Gasteiger partial charge in [0.2, 0.25) is 0 Å². The Morgan fingerprint density at radius 1 is 0.903 bits per heavy atom. The predicted octanol–water partition coefficient (Wildman–Crippen LogP) is 7.52. The van der Waals surface area contributed by atoms with Gasteiger partial charge in [-0.1, -0.05) is 75.5 Å². The molecule has 0 bridgehead atoms. The highest BCUT2D eigenvalue weighted by atomic mass is 35.5. The van der Waals surface area contributed by atoms with Crippen LogP contribution in [0.3, 0.4) is 0 Å². The minimum atomic E-state index is 0.295. The fourth-order valence-corrected chi connectivity index (χ4v) is 4.59. The Bertz CT molecular complexity index is 911. The smallest absolute Gasteiger partial charge is 0.117 e. The van der Waals surface area contributed by atoms with Crippen molar-refractivity contribution in [3.05, 3.63) is 64.9 Å². The van der Waals surface area contributed by atoms with Crippen molar-refractivity contribution in [1.29, 1.82) is 0 Å². The molecule has 3 aromatic rings. The summed E-state index contributed by atoms with van der Waals surface area (Å²) in [5, 5.41) is 0.778. The molecule has 0 amide bonds. The molecule has 1 unspecified atom stereocenters. The molecule has 0 aliphatic rings. The number of hydrogen-bond acceptors (Lipinski definition) is 2. The van der Waals surface area contributed by atoms with Crippen LogP contribution in [0.5, 0.6) is 0 Å². The third-order valence-corrected chi connectivity index (χ3v) is 6.41. The van der Waals surface area contributed by atoms with Crippen molar-refractivity contribution in [3.63, 3.8) is 0 Å². The maximum Gasteiger partial charge on any atom is 0.117 e. The first kappa shape index (κ1) is 23.8. The monoisotopic (exact) mass is 439 g/mol. The van der Waals surface area contributed by atoms with Crippen molar-refractivity contribution in [2.45, 2.75) is 71.8 Å². The van der Waals surface area contributed by atoms with E-state index in [1.54, 1.807) is 0 Å². The normalized spacial score (nSPS) is 12.7. The summed E-state index contributed by atoms with van der Waals surface area (Å²) in [4.78, 5) is 7.74. The third-order valence-electron chi connectivity index (χ3n) is 6.17. The molecule has 0 fully saturated rings. The van der Waals surface area contributed by atoms with Crippen LogP contribution in [0.4, 0.5) is 0 Å². The van der Waals surface area contributed by atoms with Crippen molar-refractivity contribution in [2.24, 2.45) is 0 Å². The minimum Gasteiger partial charge on any atom is -0.327 e. The molecule has 0 saturated heterocycles. The van der Waals surface area contributed by atoms with E-state index in [4.69, 9.17) is 16.6 Å². The second-order valence-corrected chi connectivity index (χ2v) is 8.96. The van der Waals surface area contributed by atoms with Gasteiger partial charge in [-0.05, 0) is 69.1 Å².